The molecule has 2 aliphatic carbocycles. The van der Waals surface area contributed by atoms with E-state index in [9.17, 15) is 0 Å². The molecule has 0 fully saturated rings. The number of anilines is 1. The summed E-state index contributed by atoms with van der Waals surface area (Å²) in [6, 6.07) is 8.29. The zero-order chi connectivity index (χ0) is 18.8. The maximum atomic E-state index is 8.69. The van der Waals surface area contributed by atoms with Crippen LogP contribution in [-0.2, 0) is 6.42 Å². The normalized spacial score (nSPS) is 20.7. The average Bonchev–Trinajstić information content (AvgIpc) is 2.63. The highest BCUT2D eigenvalue weighted by atomic mass is 35.5. The second-order valence-electron chi connectivity index (χ2n) is 8.02. The van der Waals surface area contributed by atoms with Crippen molar-refractivity contribution < 1.29 is 0 Å². The van der Waals surface area contributed by atoms with E-state index in [4.69, 9.17) is 21.8 Å². The van der Waals surface area contributed by atoms with Crippen LogP contribution < -0.4 is 5.32 Å². The molecule has 2 aromatic rings. The van der Waals surface area contributed by atoms with Crippen LogP contribution in [0.25, 0.3) is 10.9 Å². The number of allylic oxidation sites excluding steroid dienone is 2. The summed E-state index contributed by atoms with van der Waals surface area (Å²) in [4.78, 5) is 5.02. The molecule has 0 spiro atoms. The van der Waals surface area contributed by atoms with Gasteiger partial charge < -0.3 is 5.32 Å². The smallest absolute Gasteiger partial charge is 0.0741 e. The second kappa shape index (κ2) is 7.90. The third-order valence-corrected chi connectivity index (χ3v) is 6.11. The highest BCUT2D eigenvalue weighted by molar-refractivity contribution is 6.31. The molecule has 2 bridgehead atoms. The van der Waals surface area contributed by atoms with Crippen LogP contribution in [0.4, 0.5) is 5.69 Å². The molecule has 2 aliphatic rings. The standard InChI is InChI=1S/C23H26ClN3/c1-15-10-16-12-17(11-15)22-21(13-16)27-20-14-18(24)6-7-19(20)23(22)26-9-5-3-2-4-8-25/h6-7,10,14,16-17H,2-5,9,11-13H2,1H3,(H,26,27)/t16-,17+/m0/s1. The summed E-state index contributed by atoms with van der Waals surface area (Å²) in [5, 5.41) is 14.4. The first-order valence-corrected chi connectivity index (χ1v) is 10.4. The Balaban J connectivity index is 1.68. The lowest BCUT2D eigenvalue weighted by Gasteiger charge is -2.36. The van der Waals surface area contributed by atoms with Crippen molar-refractivity contribution in [2.24, 2.45) is 5.92 Å². The highest BCUT2D eigenvalue weighted by Crippen LogP contribution is 2.47. The van der Waals surface area contributed by atoms with Crippen LogP contribution in [0.3, 0.4) is 0 Å². The van der Waals surface area contributed by atoms with Gasteiger partial charge in [-0.2, -0.15) is 5.26 Å². The van der Waals surface area contributed by atoms with Crippen molar-refractivity contribution in [2.75, 3.05) is 11.9 Å². The van der Waals surface area contributed by atoms with Crippen molar-refractivity contribution >= 4 is 28.2 Å². The quantitative estimate of drug-likeness (QED) is 0.468. The molecule has 1 N–H and O–H groups in total. The number of unbranched alkanes of at least 4 members (excludes halogenated alkanes) is 3. The fraction of sp³-hybridized carbons (Fsp3) is 0.478. The molecule has 0 unspecified atom stereocenters. The number of fused-ring (bicyclic) bond motifs is 5. The summed E-state index contributed by atoms with van der Waals surface area (Å²) in [6.07, 6.45) is 9.67. The number of nitrogens with one attached hydrogen (secondary N) is 1. The largest absolute Gasteiger partial charge is 0.384 e. The van der Waals surface area contributed by atoms with Gasteiger partial charge in [-0.25, -0.2) is 0 Å². The average molecular weight is 380 g/mol. The Morgan fingerprint density at radius 2 is 2.15 bits per heavy atom. The van der Waals surface area contributed by atoms with E-state index in [0.717, 1.165) is 49.2 Å². The Hall–Kier alpha value is -2.05. The number of aromatic nitrogens is 1. The van der Waals surface area contributed by atoms with Crippen molar-refractivity contribution in [3.63, 3.8) is 0 Å². The number of benzene rings is 1. The molecule has 0 radical (unpaired) electrons. The van der Waals surface area contributed by atoms with Gasteiger partial charge in [-0.3, -0.25) is 4.98 Å². The number of nitrogens with zero attached hydrogens (tertiary/aromatic N) is 2. The third kappa shape index (κ3) is 3.82. The first-order valence-electron chi connectivity index (χ1n) is 10.1. The van der Waals surface area contributed by atoms with Crippen LogP contribution >= 0.6 is 11.6 Å². The minimum Gasteiger partial charge on any atom is -0.384 e. The molecule has 4 heteroatoms. The van der Waals surface area contributed by atoms with Gasteiger partial charge in [-0.1, -0.05) is 29.7 Å². The van der Waals surface area contributed by atoms with Crippen molar-refractivity contribution in [1.29, 1.82) is 5.26 Å². The van der Waals surface area contributed by atoms with Gasteiger partial charge in [0.2, 0.25) is 0 Å². The maximum Gasteiger partial charge on any atom is 0.0741 e. The van der Waals surface area contributed by atoms with E-state index in [1.807, 2.05) is 12.1 Å². The van der Waals surface area contributed by atoms with E-state index >= 15 is 0 Å². The van der Waals surface area contributed by atoms with Crippen molar-refractivity contribution in [3.8, 4) is 6.07 Å². The molecule has 0 amide bonds. The molecular weight excluding hydrogens is 354 g/mol. The molecule has 2 atom stereocenters. The topological polar surface area (TPSA) is 48.7 Å². The first-order chi connectivity index (χ1) is 13.2. The molecule has 0 saturated carbocycles. The Morgan fingerprint density at radius 3 is 3.00 bits per heavy atom. The van der Waals surface area contributed by atoms with Gasteiger partial charge >= 0.3 is 0 Å². The molecule has 0 saturated heterocycles. The number of halogens is 1. The molecule has 4 rings (SSSR count). The fourth-order valence-corrected chi connectivity index (χ4v) is 4.96. The summed E-state index contributed by atoms with van der Waals surface area (Å²) < 4.78 is 0. The van der Waals surface area contributed by atoms with Crippen molar-refractivity contribution in [3.05, 3.63) is 46.1 Å². The van der Waals surface area contributed by atoms with Gasteiger partial charge in [0, 0.05) is 40.3 Å². The molecular formula is C23H26ClN3. The summed E-state index contributed by atoms with van der Waals surface area (Å²) in [5.74, 6) is 1.19. The van der Waals surface area contributed by atoms with Crippen LogP contribution in [0, 0.1) is 17.2 Å². The van der Waals surface area contributed by atoms with Gasteiger partial charge in [-0.15, -0.1) is 0 Å². The van der Waals surface area contributed by atoms with E-state index in [0.29, 0.717) is 18.3 Å². The predicted molar refractivity (Wildman–Crippen MR) is 112 cm³/mol. The maximum absolute atomic E-state index is 8.69. The number of rotatable bonds is 6. The molecule has 1 aromatic carbocycles. The Bertz CT molecular complexity index is 925. The lowest BCUT2D eigenvalue weighted by molar-refractivity contribution is 0.433. The predicted octanol–water partition coefficient (Wildman–Crippen LogP) is 6.38. The zero-order valence-electron chi connectivity index (χ0n) is 15.9. The lowest BCUT2D eigenvalue weighted by Crippen LogP contribution is -2.24. The van der Waals surface area contributed by atoms with E-state index < -0.39 is 0 Å². The number of hydrogen-bond acceptors (Lipinski definition) is 3. The molecule has 3 nitrogen and oxygen atoms in total. The van der Waals surface area contributed by atoms with Gasteiger partial charge in [0.1, 0.15) is 0 Å². The highest BCUT2D eigenvalue weighted by Gasteiger charge is 2.33. The zero-order valence-corrected chi connectivity index (χ0v) is 16.6. The third-order valence-electron chi connectivity index (χ3n) is 5.87. The molecule has 1 aromatic heterocycles. The SMILES string of the molecule is CC1=C[C@@H]2Cc3nc4cc(Cl)ccc4c(NCCCCCC#N)c3[C@H](C1)C2. The fourth-order valence-electron chi connectivity index (χ4n) is 4.80. The molecule has 1 heterocycles. The first kappa shape index (κ1) is 18.3. The minimum atomic E-state index is 0.567. The lowest BCUT2D eigenvalue weighted by atomic mass is 9.71. The Labute approximate surface area is 166 Å². The second-order valence-corrected chi connectivity index (χ2v) is 8.45. The summed E-state index contributed by atoms with van der Waals surface area (Å²) in [7, 11) is 0. The van der Waals surface area contributed by atoms with Crippen LogP contribution in [0.5, 0.6) is 0 Å². The number of hydrogen-bond donors (Lipinski definition) is 1. The summed E-state index contributed by atoms with van der Waals surface area (Å²) in [6.45, 7) is 3.20. The van der Waals surface area contributed by atoms with Gasteiger partial charge in [0.15, 0.2) is 0 Å². The van der Waals surface area contributed by atoms with Crippen LogP contribution in [0.15, 0.2) is 29.8 Å². The van der Waals surface area contributed by atoms with Crippen LogP contribution in [-0.4, -0.2) is 11.5 Å². The van der Waals surface area contributed by atoms with Gasteiger partial charge in [0.25, 0.3) is 0 Å². The Kier molecular flexibility index (Phi) is 5.36. The van der Waals surface area contributed by atoms with Crippen molar-refractivity contribution in [1.82, 2.24) is 4.98 Å². The molecule has 140 valence electrons. The number of pyridine rings is 1. The monoisotopic (exact) mass is 379 g/mol. The van der Waals surface area contributed by atoms with Crippen LogP contribution in [0.1, 0.15) is 62.6 Å². The van der Waals surface area contributed by atoms with E-state index in [2.05, 4.69) is 30.5 Å². The van der Waals surface area contributed by atoms with Gasteiger partial charge in [-0.05, 0) is 69.1 Å². The Morgan fingerprint density at radius 1 is 1.26 bits per heavy atom. The van der Waals surface area contributed by atoms with E-state index in [1.54, 1.807) is 0 Å². The molecule has 27 heavy (non-hydrogen) atoms. The van der Waals surface area contributed by atoms with Crippen molar-refractivity contribution in [2.45, 2.75) is 57.8 Å². The summed E-state index contributed by atoms with van der Waals surface area (Å²) in [5.41, 5.74) is 6.46. The van der Waals surface area contributed by atoms with Gasteiger partial charge in [0.05, 0.1) is 11.6 Å². The van der Waals surface area contributed by atoms with E-state index in [1.165, 1.54) is 34.3 Å². The van der Waals surface area contributed by atoms with E-state index in [-0.39, 0.29) is 0 Å². The number of nitriles is 1. The summed E-state index contributed by atoms with van der Waals surface area (Å²) >= 11 is 6.25. The molecule has 0 aliphatic heterocycles. The van der Waals surface area contributed by atoms with Crippen LogP contribution in [0.2, 0.25) is 5.02 Å². The minimum absolute atomic E-state index is 0.567.